The molecule has 0 atom stereocenters. The second kappa shape index (κ2) is 5.12. The van der Waals surface area contributed by atoms with Crippen molar-refractivity contribution in [3.63, 3.8) is 0 Å². The Morgan fingerprint density at radius 3 is 2.41 bits per heavy atom. The van der Waals surface area contributed by atoms with Crippen LogP contribution in [0.2, 0.25) is 0 Å². The number of hydrogen-bond donors (Lipinski definition) is 1. The lowest BCUT2D eigenvalue weighted by Gasteiger charge is -2.29. The third-order valence-corrected chi connectivity index (χ3v) is 3.10. The van der Waals surface area contributed by atoms with Crippen LogP contribution in [0.25, 0.3) is 0 Å². The van der Waals surface area contributed by atoms with E-state index in [0.29, 0.717) is 5.69 Å². The summed E-state index contributed by atoms with van der Waals surface area (Å²) in [5, 5.41) is 13.8. The van der Waals surface area contributed by atoms with Gasteiger partial charge in [0, 0.05) is 17.3 Å². The van der Waals surface area contributed by atoms with Crippen molar-refractivity contribution in [1.29, 1.82) is 0 Å². The molecule has 0 aromatic heterocycles. The molecule has 94 valence electrons. The summed E-state index contributed by atoms with van der Waals surface area (Å²) < 4.78 is 13.2. The van der Waals surface area contributed by atoms with Crippen LogP contribution in [-0.2, 0) is 0 Å². The number of nitro groups is 1. The first-order valence-electron chi connectivity index (χ1n) is 5.63. The van der Waals surface area contributed by atoms with E-state index in [4.69, 9.17) is 0 Å². The zero-order valence-corrected chi connectivity index (χ0v) is 10.3. The highest BCUT2D eigenvalue weighted by atomic mass is 19.1. The molecule has 0 aliphatic rings. The average molecular weight is 240 g/mol. The van der Waals surface area contributed by atoms with Gasteiger partial charge in [0.15, 0.2) is 0 Å². The fraction of sp³-hybridized carbons (Fsp3) is 0.500. The summed E-state index contributed by atoms with van der Waals surface area (Å²) in [6, 6.07) is 3.55. The lowest BCUT2D eigenvalue weighted by atomic mass is 9.95. The molecule has 0 bridgehead atoms. The van der Waals surface area contributed by atoms with Gasteiger partial charge in [0.2, 0.25) is 0 Å². The largest absolute Gasteiger partial charge is 0.380 e. The molecule has 0 saturated heterocycles. The quantitative estimate of drug-likeness (QED) is 0.630. The molecule has 0 heterocycles. The predicted octanol–water partition coefficient (Wildman–Crippen LogP) is 3.72. The molecule has 0 aliphatic heterocycles. The van der Waals surface area contributed by atoms with E-state index in [2.05, 4.69) is 5.32 Å². The number of nitrogens with one attached hydrogen (secondary N) is 1. The Bertz CT molecular complexity index is 417. The van der Waals surface area contributed by atoms with Crippen LogP contribution in [0.5, 0.6) is 0 Å². The van der Waals surface area contributed by atoms with Gasteiger partial charge in [-0.2, -0.15) is 0 Å². The molecule has 1 rings (SSSR count). The van der Waals surface area contributed by atoms with Gasteiger partial charge in [0.1, 0.15) is 5.82 Å². The first-order valence-corrected chi connectivity index (χ1v) is 5.63. The Morgan fingerprint density at radius 2 is 1.94 bits per heavy atom. The third-order valence-electron chi connectivity index (χ3n) is 3.10. The standard InChI is InChI=1S/C12H17FN2O2/c1-4-12(3,5-2)14-10-6-9(13)7-11(8-10)15(16)17/h6-8,14H,4-5H2,1-3H3. The lowest BCUT2D eigenvalue weighted by molar-refractivity contribution is -0.385. The number of hydrogen-bond acceptors (Lipinski definition) is 3. The molecule has 0 radical (unpaired) electrons. The Kier molecular flexibility index (Phi) is 4.04. The van der Waals surface area contributed by atoms with Crippen LogP contribution in [0.4, 0.5) is 15.8 Å². The van der Waals surface area contributed by atoms with E-state index in [1.54, 1.807) is 0 Å². The van der Waals surface area contributed by atoms with Gasteiger partial charge in [0.05, 0.1) is 11.0 Å². The van der Waals surface area contributed by atoms with Crippen molar-refractivity contribution >= 4 is 11.4 Å². The van der Waals surface area contributed by atoms with E-state index in [-0.39, 0.29) is 11.2 Å². The maximum Gasteiger partial charge on any atom is 0.274 e. The monoisotopic (exact) mass is 240 g/mol. The maximum absolute atomic E-state index is 13.2. The Labute approximate surface area is 100.0 Å². The second-order valence-corrected chi connectivity index (χ2v) is 4.35. The molecule has 4 nitrogen and oxygen atoms in total. The average Bonchev–Trinajstić information content (AvgIpc) is 2.28. The van der Waals surface area contributed by atoms with Crippen LogP contribution in [0.3, 0.4) is 0 Å². The molecule has 0 spiro atoms. The van der Waals surface area contributed by atoms with E-state index in [1.165, 1.54) is 12.1 Å². The first-order chi connectivity index (χ1) is 7.90. The highest BCUT2D eigenvalue weighted by Gasteiger charge is 2.20. The van der Waals surface area contributed by atoms with E-state index >= 15 is 0 Å². The molecule has 1 aromatic carbocycles. The summed E-state index contributed by atoms with van der Waals surface area (Å²) in [5.41, 5.74) is 0.0340. The Balaban J connectivity index is 3.02. The molecule has 1 aromatic rings. The molecule has 17 heavy (non-hydrogen) atoms. The SMILES string of the molecule is CCC(C)(CC)Nc1cc(F)cc([N+](=O)[O-])c1. The van der Waals surface area contributed by atoms with Crippen molar-refractivity contribution in [2.24, 2.45) is 0 Å². The minimum Gasteiger partial charge on any atom is -0.380 e. The van der Waals surface area contributed by atoms with Crippen LogP contribution in [-0.4, -0.2) is 10.5 Å². The van der Waals surface area contributed by atoms with Gasteiger partial charge in [-0.3, -0.25) is 10.1 Å². The van der Waals surface area contributed by atoms with Crippen molar-refractivity contribution < 1.29 is 9.31 Å². The zero-order valence-electron chi connectivity index (χ0n) is 10.3. The topological polar surface area (TPSA) is 55.2 Å². The first kappa shape index (κ1) is 13.4. The van der Waals surface area contributed by atoms with Crippen molar-refractivity contribution in [1.82, 2.24) is 0 Å². The second-order valence-electron chi connectivity index (χ2n) is 4.35. The highest BCUT2D eigenvalue weighted by Crippen LogP contribution is 2.25. The summed E-state index contributed by atoms with van der Waals surface area (Å²) in [6.07, 6.45) is 1.71. The molecule has 0 saturated carbocycles. The van der Waals surface area contributed by atoms with Gasteiger partial charge in [-0.05, 0) is 25.8 Å². The Hall–Kier alpha value is -1.65. The third kappa shape index (κ3) is 3.41. The molecule has 0 unspecified atom stereocenters. The molecule has 0 fully saturated rings. The van der Waals surface area contributed by atoms with Gasteiger partial charge in [-0.25, -0.2) is 4.39 Å². The molecule has 0 aliphatic carbocycles. The molecule has 5 heteroatoms. The molecule has 0 amide bonds. The summed E-state index contributed by atoms with van der Waals surface area (Å²) in [5.74, 6) is -0.601. The van der Waals surface area contributed by atoms with Crippen LogP contribution in [0.1, 0.15) is 33.6 Å². The number of benzene rings is 1. The summed E-state index contributed by atoms with van der Waals surface area (Å²) in [7, 11) is 0. The van der Waals surface area contributed by atoms with E-state index in [9.17, 15) is 14.5 Å². The minimum absolute atomic E-state index is 0.179. The van der Waals surface area contributed by atoms with E-state index < -0.39 is 10.7 Å². The lowest BCUT2D eigenvalue weighted by Crippen LogP contribution is -2.32. The number of anilines is 1. The molecule has 1 N–H and O–H groups in total. The van der Waals surface area contributed by atoms with Gasteiger partial charge in [-0.1, -0.05) is 13.8 Å². The molecular formula is C12H17FN2O2. The van der Waals surface area contributed by atoms with Crippen molar-refractivity contribution in [2.75, 3.05) is 5.32 Å². The van der Waals surface area contributed by atoms with Crippen LogP contribution < -0.4 is 5.32 Å². The van der Waals surface area contributed by atoms with Crippen LogP contribution >= 0.6 is 0 Å². The molecular weight excluding hydrogens is 223 g/mol. The zero-order chi connectivity index (χ0) is 13.1. The minimum atomic E-state index is -0.601. The summed E-state index contributed by atoms with van der Waals surface area (Å²) >= 11 is 0. The normalized spacial score (nSPS) is 11.3. The van der Waals surface area contributed by atoms with Crippen molar-refractivity contribution in [3.05, 3.63) is 34.1 Å². The Morgan fingerprint density at radius 1 is 1.35 bits per heavy atom. The maximum atomic E-state index is 13.2. The fourth-order valence-electron chi connectivity index (χ4n) is 1.53. The van der Waals surface area contributed by atoms with E-state index in [1.807, 2.05) is 20.8 Å². The number of halogens is 1. The fourth-order valence-corrected chi connectivity index (χ4v) is 1.53. The van der Waals surface area contributed by atoms with Crippen LogP contribution in [0, 0.1) is 15.9 Å². The van der Waals surface area contributed by atoms with E-state index in [0.717, 1.165) is 18.9 Å². The van der Waals surface area contributed by atoms with Gasteiger partial charge >= 0.3 is 0 Å². The van der Waals surface area contributed by atoms with Gasteiger partial charge in [0.25, 0.3) is 5.69 Å². The van der Waals surface area contributed by atoms with Crippen molar-refractivity contribution in [2.45, 2.75) is 39.2 Å². The smallest absolute Gasteiger partial charge is 0.274 e. The summed E-state index contributed by atoms with van der Waals surface area (Å²) in [4.78, 5) is 10.0. The number of rotatable bonds is 5. The van der Waals surface area contributed by atoms with Crippen LogP contribution in [0.15, 0.2) is 18.2 Å². The van der Waals surface area contributed by atoms with Crippen molar-refractivity contribution in [3.8, 4) is 0 Å². The number of nitrogens with zero attached hydrogens (tertiary/aromatic N) is 1. The van der Waals surface area contributed by atoms with Gasteiger partial charge in [-0.15, -0.1) is 0 Å². The van der Waals surface area contributed by atoms with Gasteiger partial charge < -0.3 is 5.32 Å². The number of non-ortho nitro benzene ring substituents is 1. The summed E-state index contributed by atoms with van der Waals surface area (Å²) in [6.45, 7) is 6.04. The highest BCUT2D eigenvalue weighted by molar-refractivity contribution is 5.53. The number of nitro benzene ring substituents is 1. The predicted molar refractivity (Wildman–Crippen MR) is 65.7 cm³/mol.